The van der Waals surface area contributed by atoms with Gasteiger partial charge < -0.3 is 5.32 Å². The number of nitrogens with one attached hydrogen (secondary N) is 1. The average molecular weight is 250 g/mol. The van der Waals surface area contributed by atoms with E-state index in [4.69, 9.17) is 0 Å². The molecule has 1 aliphatic rings. The van der Waals surface area contributed by atoms with Gasteiger partial charge in [-0.3, -0.25) is 4.90 Å². The molecule has 1 fully saturated rings. The Morgan fingerprint density at radius 2 is 2.17 bits per heavy atom. The van der Waals surface area contributed by atoms with Gasteiger partial charge in [-0.15, -0.1) is 0 Å². The lowest BCUT2D eigenvalue weighted by molar-refractivity contribution is 0.236. The van der Waals surface area contributed by atoms with E-state index in [0.29, 0.717) is 12.0 Å². The lowest BCUT2D eigenvalue weighted by Crippen LogP contribution is -2.41. The molecule has 3 heteroatoms. The molecule has 0 saturated carbocycles. The Morgan fingerprint density at radius 1 is 1.39 bits per heavy atom. The first-order valence-electron chi connectivity index (χ1n) is 6.86. The van der Waals surface area contributed by atoms with E-state index >= 15 is 0 Å². The van der Waals surface area contributed by atoms with Crippen LogP contribution in [0.4, 0.5) is 4.39 Å². The van der Waals surface area contributed by atoms with Crippen molar-refractivity contribution in [2.24, 2.45) is 5.92 Å². The lowest BCUT2D eigenvalue weighted by atomic mass is 10.0. The third-order valence-corrected chi connectivity index (χ3v) is 3.67. The Hall–Kier alpha value is -0.930. The maximum Gasteiger partial charge on any atom is 0.127 e. The summed E-state index contributed by atoms with van der Waals surface area (Å²) in [4.78, 5) is 2.36. The fourth-order valence-electron chi connectivity index (χ4n) is 2.48. The second-order valence-corrected chi connectivity index (χ2v) is 5.48. The molecule has 100 valence electrons. The van der Waals surface area contributed by atoms with Crippen LogP contribution in [0.5, 0.6) is 0 Å². The Balaban J connectivity index is 2.01. The highest BCUT2D eigenvalue weighted by Crippen LogP contribution is 2.14. The molecule has 0 radical (unpaired) electrons. The second kappa shape index (κ2) is 6.30. The quantitative estimate of drug-likeness (QED) is 0.887. The molecule has 1 saturated heterocycles. The molecule has 1 aromatic rings. The highest BCUT2D eigenvalue weighted by Gasteiger charge is 2.20. The van der Waals surface area contributed by atoms with Crippen LogP contribution >= 0.6 is 0 Å². The van der Waals surface area contributed by atoms with E-state index in [9.17, 15) is 4.39 Å². The van der Waals surface area contributed by atoms with Crippen molar-refractivity contribution in [2.75, 3.05) is 19.6 Å². The number of hydrogen-bond acceptors (Lipinski definition) is 2. The molecule has 0 bridgehead atoms. The third kappa shape index (κ3) is 3.53. The summed E-state index contributed by atoms with van der Waals surface area (Å²) in [5, 5.41) is 3.58. The molecular formula is C15H23FN2. The van der Waals surface area contributed by atoms with Gasteiger partial charge in [0, 0.05) is 24.7 Å². The second-order valence-electron chi connectivity index (χ2n) is 5.48. The molecule has 1 unspecified atom stereocenters. The number of hydrogen-bond donors (Lipinski definition) is 1. The van der Waals surface area contributed by atoms with Crippen molar-refractivity contribution in [2.45, 2.75) is 32.9 Å². The summed E-state index contributed by atoms with van der Waals surface area (Å²) in [5.74, 6) is 0.530. The van der Waals surface area contributed by atoms with Crippen LogP contribution in [-0.2, 0) is 6.54 Å². The average Bonchev–Trinajstić information content (AvgIpc) is 2.58. The zero-order valence-electron chi connectivity index (χ0n) is 11.3. The lowest BCUT2D eigenvalue weighted by Gasteiger charge is -2.26. The molecule has 0 amide bonds. The minimum atomic E-state index is -0.0872. The smallest absolute Gasteiger partial charge is 0.127 e. The number of nitrogens with zero attached hydrogens (tertiary/aromatic N) is 1. The van der Waals surface area contributed by atoms with Gasteiger partial charge in [0.2, 0.25) is 0 Å². The van der Waals surface area contributed by atoms with Crippen LogP contribution in [0, 0.1) is 11.7 Å². The third-order valence-electron chi connectivity index (χ3n) is 3.67. The van der Waals surface area contributed by atoms with E-state index in [0.717, 1.165) is 38.2 Å². The summed E-state index contributed by atoms with van der Waals surface area (Å²) in [6.07, 6.45) is 1.14. The molecule has 1 aromatic carbocycles. The van der Waals surface area contributed by atoms with E-state index in [1.165, 1.54) is 0 Å². The number of benzene rings is 1. The van der Waals surface area contributed by atoms with Crippen molar-refractivity contribution in [3.05, 3.63) is 35.6 Å². The van der Waals surface area contributed by atoms with Crippen molar-refractivity contribution in [1.82, 2.24) is 10.2 Å². The predicted molar refractivity (Wildman–Crippen MR) is 72.9 cm³/mol. The van der Waals surface area contributed by atoms with E-state index in [1.54, 1.807) is 12.1 Å². The van der Waals surface area contributed by atoms with E-state index < -0.39 is 0 Å². The Bertz CT molecular complexity index is 379. The van der Waals surface area contributed by atoms with E-state index in [1.807, 2.05) is 12.1 Å². The fraction of sp³-hybridized carbons (Fsp3) is 0.600. The highest BCUT2D eigenvalue weighted by atomic mass is 19.1. The van der Waals surface area contributed by atoms with Crippen LogP contribution in [0.1, 0.15) is 25.8 Å². The molecule has 2 rings (SSSR count). The van der Waals surface area contributed by atoms with Gasteiger partial charge in [-0.1, -0.05) is 32.0 Å². The zero-order valence-corrected chi connectivity index (χ0v) is 11.3. The van der Waals surface area contributed by atoms with Crippen molar-refractivity contribution in [3.63, 3.8) is 0 Å². The van der Waals surface area contributed by atoms with Gasteiger partial charge in [0.15, 0.2) is 0 Å². The zero-order chi connectivity index (χ0) is 13.0. The van der Waals surface area contributed by atoms with Crippen LogP contribution in [-0.4, -0.2) is 30.6 Å². The summed E-state index contributed by atoms with van der Waals surface area (Å²) in [5.41, 5.74) is 0.807. The molecule has 18 heavy (non-hydrogen) atoms. The SMILES string of the molecule is CC(C)C1CN(Cc2ccccc2F)CCCN1. The van der Waals surface area contributed by atoms with Crippen molar-refractivity contribution in [3.8, 4) is 0 Å². The minimum Gasteiger partial charge on any atom is -0.312 e. The molecule has 1 atom stereocenters. The molecule has 1 heterocycles. The maximum atomic E-state index is 13.7. The van der Waals surface area contributed by atoms with Crippen LogP contribution < -0.4 is 5.32 Å². The first-order chi connectivity index (χ1) is 8.66. The van der Waals surface area contributed by atoms with E-state index in [2.05, 4.69) is 24.1 Å². The molecule has 1 aliphatic heterocycles. The van der Waals surface area contributed by atoms with Gasteiger partial charge in [0.05, 0.1) is 0 Å². The predicted octanol–water partition coefficient (Wildman–Crippen LogP) is 2.65. The first kappa shape index (κ1) is 13.5. The van der Waals surface area contributed by atoms with E-state index in [-0.39, 0.29) is 5.82 Å². The standard InChI is InChI=1S/C15H23FN2/c1-12(2)15-11-18(9-5-8-17-15)10-13-6-3-4-7-14(13)16/h3-4,6-7,12,15,17H,5,8-11H2,1-2H3. The highest BCUT2D eigenvalue weighted by molar-refractivity contribution is 5.17. The minimum absolute atomic E-state index is 0.0872. The van der Waals surface area contributed by atoms with Crippen LogP contribution in [0.3, 0.4) is 0 Å². The van der Waals surface area contributed by atoms with Gasteiger partial charge in [0.25, 0.3) is 0 Å². The molecule has 1 N–H and O–H groups in total. The Labute approximate surface area is 109 Å². The maximum absolute atomic E-state index is 13.7. The molecule has 0 aromatic heterocycles. The van der Waals surface area contributed by atoms with Crippen molar-refractivity contribution >= 4 is 0 Å². The molecule has 0 spiro atoms. The van der Waals surface area contributed by atoms with Gasteiger partial charge in [-0.2, -0.15) is 0 Å². The first-order valence-corrected chi connectivity index (χ1v) is 6.86. The summed E-state index contributed by atoms with van der Waals surface area (Å²) in [6.45, 7) is 8.32. The van der Waals surface area contributed by atoms with Gasteiger partial charge >= 0.3 is 0 Å². The Morgan fingerprint density at radius 3 is 2.89 bits per heavy atom. The van der Waals surface area contributed by atoms with Gasteiger partial charge in [-0.05, 0) is 31.5 Å². The number of halogens is 1. The fourth-order valence-corrected chi connectivity index (χ4v) is 2.48. The van der Waals surface area contributed by atoms with Crippen LogP contribution in [0.15, 0.2) is 24.3 Å². The number of rotatable bonds is 3. The van der Waals surface area contributed by atoms with Gasteiger partial charge in [0.1, 0.15) is 5.82 Å². The normalized spacial score (nSPS) is 22.1. The Kier molecular flexibility index (Phi) is 4.72. The van der Waals surface area contributed by atoms with Crippen LogP contribution in [0.25, 0.3) is 0 Å². The van der Waals surface area contributed by atoms with Crippen molar-refractivity contribution < 1.29 is 4.39 Å². The molecule has 2 nitrogen and oxygen atoms in total. The summed E-state index contributed by atoms with van der Waals surface area (Å²) < 4.78 is 13.7. The monoisotopic (exact) mass is 250 g/mol. The topological polar surface area (TPSA) is 15.3 Å². The largest absolute Gasteiger partial charge is 0.312 e. The van der Waals surface area contributed by atoms with Gasteiger partial charge in [-0.25, -0.2) is 4.39 Å². The van der Waals surface area contributed by atoms with Crippen LogP contribution in [0.2, 0.25) is 0 Å². The van der Waals surface area contributed by atoms with Crippen molar-refractivity contribution in [1.29, 1.82) is 0 Å². The summed E-state index contributed by atoms with van der Waals surface area (Å²) in [7, 11) is 0. The molecule has 0 aliphatic carbocycles. The summed E-state index contributed by atoms with van der Waals surface area (Å²) in [6, 6.07) is 7.61. The molecular weight excluding hydrogens is 227 g/mol. The summed E-state index contributed by atoms with van der Waals surface area (Å²) >= 11 is 0.